The Morgan fingerprint density at radius 2 is 1.65 bits per heavy atom. The van der Waals surface area contributed by atoms with Crippen LogP contribution in [0.25, 0.3) is 0 Å². The summed E-state index contributed by atoms with van der Waals surface area (Å²) in [7, 11) is 1.30. The lowest BCUT2D eigenvalue weighted by molar-refractivity contribution is -0.147. The van der Waals surface area contributed by atoms with E-state index in [0.29, 0.717) is 11.3 Å². The summed E-state index contributed by atoms with van der Waals surface area (Å²) in [5, 5.41) is 2.60. The molecule has 2 aromatic rings. The Morgan fingerprint density at radius 3 is 2.27 bits per heavy atom. The smallest absolute Gasteiger partial charge is 0.337 e. The average molecular weight is 355 g/mol. The molecule has 2 rings (SSSR count). The van der Waals surface area contributed by atoms with E-state index in [1.54, 1.807) is 12.1 Å². The van der Waals surface area contributed by atoms with Gasteiger partial charge in [0, 0.05) is 5.69 Å². The standard InChI is InChI=1S/C20H21NO5/c1-14(15-6-4-3-5-7-15)12-19(23)26-13-18(22)21-17-10-8-16(9-11-17)20(24)25-2/h3-11,14H,12-13H2,1-2H3,(H,21,22)/t14-/m0/s1. The molecule has 0 fully saturated rings. The summed E-state index contributed by atoms with van der Waals surface area (Å²) in [6.07, 6.45) is 0.200. The van der Waals surface area contributed by atoms with Crippen molar-refractivity contribution in [3.8, 4) is 0 Å². The topological polar surface area (TPSA) is 81.7 Å². The predicted octanol–water partition coefficient (Wildman–Crippen LogP) is 3.15. The lowest BCUT2D eigenvalue weighted by Crippen LogP contribution is -2.21. The molecule has 0 saturated carbocycles. The highest BCUT2D eigenvalue weighted by atomic mass is 16.5. The van der Waals surface area contributed by atoms with Gasteiger partial charge in [0.1, 0.15) is 0 Å². The monoisotopic (exact) mass is 355 g/mol. The van der Waals surface area contributed by atoms with E-state index >= 15 is 0 Å². The Kier molecular flexibility index (Phi) is 6.91. The van der Waals surface area contributed by atoms with Crippen molar-refractivity contribution in [2.45, 2.75) is 19.3 Å². The summed E-state index contributed by atoms with van der Waals surface area (Å²) in [4.78, 5) is 35.1. The van der Waals surface area contributed by atoms with Crippen molar-refractivity contribution in [2.75, 3.05) is 19.0 Å². The number of benzene rings is 2. The van der Waals surface area contributed by atoms with Gasteiger partial charge in [-0.25, -0.2) is 4.79 Å². The fraction of sp³-hybridized carbons (Fsp3) is 0.250. The second kappa shape index (κ2) is 9.36. The zero-order valence-electron chi connectivity index (χ0n) is 14.7. The first kappa shape index (κ1) is 19.2. The lowest BCUT2D eigenvalue weighted by atomic mass is 9.98. The number of hydrogen-bond acceptors (Lipinski definition) is 5. The molecule has 2 aromatic carbocycles. The van der Waals surface area contributed by atoms with Gasteiger partial charge in [0.05, 0.1) is 19.1 Å². The molecular formula is C20H21NO5. The summed E-state index contributed by atoms with van der Waals surface area (Å²) in [6.45, 7) is 1.57. The lowest BCUT2D eigenvalue weighted by Gasteiger charge is -2.11. The molecule has 1 N–H and O–H groups in total. The summed E-state index contributed by atoms with van der Waals surface area (Å²) in [6, 6.07) is 15.9. The van der Waals surface area contributed by atoms with E-state index in [1.807, 2.05) is 37.3 Å². The van der Waals surface area contributed by atoms with Crippen LogP contribution in [0.3, 0.4) is 0 Å². The minimum Gasteiger partial charge on any atom is -0.465 e. The molecule has 136 valence electrons. The van der Waals surface area contributed by atoms with Gasteiger partial charge in [-0.1, -0.05) is 37.3 Å². The van der Waals surface area contributed by atoms with Crippen LogP contribution in [0.15, 0.2) is 54.6 Å². The van der Waals surface area contributed by atoms with Crippen LogP contribution in [0.5, 0.6) is 0 Å². The van der Waals surface area contributed by atoms with Crippen molar-refractivity contribution in [3.05, 3.63) is 65.7 Å². The predicted molar refractivity (Wildman–Crippen MR) is 96.8 cm³/mol. The van der Waals surface area contributed by atoms with Crippen LogP contribution in [-0.4, -0.2) is 31.6 Å². The molecule has 1 amide bonds. The summed E-state index contributed by atoms with van der Waals surface area (Å²) in [5.41, 5.74) is 1.92. The number of hydrogen-bond donors (Lipinski definition) is 1. The van der Waals surface area contributed by atoms with E-state index in [1.165, 1.54) is 19.2 Å². The zero-order valence-corrected chi connectivity index (χ0v) is 14.7. The molecular weight excluding hydrogens is 334 g/mol. The quantitative estimate of drug-likeness (QED) is 0.772. The van der Waals surface area contributed by atoms with Crippen molar-refractivity contribution in [1.82, 2.24) is 0 Å². The SMILES string of the molecule is COC(=O)c1ccc(NC(=O)COC(=O)C[C@H](C)c2ccccc2)cc1. The first-order chi connectivity index (χ1) is 12.5. The van der Waals surface area contributed by atoms with Gasteiger partial charge in [-0.15, -0.1) is 0 Å². The molecule has 6 nitrogen and oxygen atoms in total. The third-order valence-electron chi connectivity index (χ3n) is 3.80. The molecule has 0 aliphatic rings. The molecule has 0 aliphatic carbocycles. The third-order valence-corrected chi connectivity index (χ3v) is 3.80. The summed E-state index contributed by atoms with van der Waals surface area (Å²) >= 11 is 0. The van der Waals surface area contributed by atoms with E-state index in [9.17, 15) is 14.4 Å². The normalized spacial score (nSPS) is 11.3. The molecule has 26 heavy (non-hydrogen) atoms. The Hall–Kier alpha value is -3.15. The van der Waals surface area contributed by atoms with E-state index in [2.05, 4.69) is 10.1 Å². The molecule has 0 spiro atoms. The highest BCUT2D eigenvalue weighted by Gasteiger charge is 2.14. The molecule has 0 radical (unpaired) electrons. The van der Waals surface area contributed by atoms with Crippen LogP contribution in [-0.2, 0) is 19.1 Å². The van der Waals surface area contributed by atoms with Crippen LogP contribution >= 0.6 is 0 Å². The zero-order chi connectivity index (χ0) is 18.9. The van der Waals surface area contributed by atoms with E-state index < -0.39 is 17.8 Å². The van der Waals surface area contributed by atoms with E-state index in [-0.39, 0.29) is 18.9 Å². The first-order valence-electron chi connectivity index (χ1n) is 8.18. The van der Waals surface area contributed by atoms with Gasteiger partial charge in [-0.2, -0.15) is 0 Å². The van der Waals surface area contributed by atoms with Crippen LogP contribution in [0, 0.1) is 0 Å². The minimum absolute atomic E-state index is 0.0117. The largest absolute Gasteiger partial charge is 0.465 e. The van der Waals surface area contributed by atoms with Crippen molar-refractivity contribution in [1.29, 1.82) is 0 Å². The fourth-order valence-electron chi connectivity index (χ4n) is 2.36. The Balaban J connectivity index is 1.77. The van der Waals surface area contributed by atoms with Gasteiger partial charge in [0.25, 0.3) is 5.91 Å². The Bertz CT molecular complexity index is 756. The Labute approximate surface area is 152 Å². The second-order valence-electron chi connectivity index (χ2n) is 5.79. The maximum Gasteiger partial charge on any atom is 0.337 e. The fourth-order valence-corrected chi connectivity index (χ4v) is 2.36. The van der Waals surface area contributed by atoms with Crippen molar-refractivity contribution in [2.24, 2.45) is 0 Å². The minimum atomic E-state index is -0.454. The third kappa shape index (κ3) is 5.73. The molecule has 1 atom stereocenters. The Morgan fingerprint density at radius 1 is 1.00 bits per heavy atom. The number of carbonyl (C=O) groups is 3. The highest BCUT2D eigenvalue weighted by molar-refractivity contribution is 5.94. The van der Waals surface area contributed by atoms with Crippen molar-refractivity contribution in [3.63, 3.8) is 0 Å². The maximum atomic E-state index is 11.9. The van der Waals surface area contributed by atoms with E-state index in [4.69, 9.17) is 4.74 Å². The van der Waals surface area contributed by atoms with Gasteiger partial charge < -0.3 is 14.8 Å². The van der Waals surface area contributed by atoms with Crippen molar-refractivity contribution >= 4 is 23.5 Å². The van der Waals surface area contributed by atoms with Gasteiger partial charge >= 0.3 is 11.9 Å². The van der Waals surface area contributed by atoms with Crippen LogP contribution in [0.4, 0.5) is 5.69 Å². The van der Waals surface area contributed by atoms with Gasteiger partial charge in [0.2, 0.25) is 0 Å². The molecule has 0 aromatic heterocycles. The second-order valence-corrected chi connectivity index (χ2v) is 5.79. The molecule has 0 saturated heterocycles. The maximum absolute atomic E-state index is 11.9. The van der Waals surface area contributed by atoms with Crippen LogP contribution < -0.4 is 5.32 Å². The average Bonchev–Trinajstić information content (AvgIpc) is 2.67. The number of amides is 1. The van der Waals surface area contributed by atoms with Gasteiger partial charge in [-0.3, -0.25) is 9.59 Å². The molecule has 0 aliphatic heterocycles. The number of rotatable bonds is 7. The van der Waals surface area contributed by atoms with E-state index in [0.717, 1.165) is 5.56 Å². The molecule has 0 unspecified atom stereocenters. The number of anilines is 1. The van der Waals surface area contributed by atoms with Crippen LogP contribution in [0.1, 0.15) is 35.2 Å². The summed E-state index contributed by atoms with van der Waals surface area (Å²) in [5.74, 6) is -1.32. The number of carbonyl (C=O) groups excluding carboxylic acids is 3. The number of methoxy groups -OCH3 is 1. The summed E-state index contributed by atoms with van der Waals surface area (Å²) < 4.78 is 9.62. The van der Waals surface area contributed by atoms with Gasteiger partial charge in [-0.05, 0) is 35.7 Å². The highest BCUT2D eigenvalue weighted by Crippen LogP contribution is 2.18. The first-order valence-corrected chi connectivity index (χ1v) is 8.18. The van der Waals surface area contributed by atoms with Crippen molar-refractivity contribution < 1.29 is 23.9 Å². The number of ether oxygens (including phenoxy) is 2. The van der Waals surface area contributed by atoms with Gasteiger partial charge in [0.15, 0.2) is 6.61 Å². The van der Waals surface area contributed by atoms with Crippen LogP contribution in [0.2, 0.25) is 0 Å². The number of esters is 2. The molecule has 6 heteroatoms. The number of nitrogens with one attached hydrogen (secondary N) is 1. The molecule has 0 bridgehead atoms. The molecule has 0 heterocycles.